The van der Waals surface area contributed by atoms with E-state index in [1.165, 1.54) is 29.5 Å². The van der Waals surface area contributed by atoms with Crippen molar-refractivity contribution in [2.45, 2.75) is 25.7 Å². The van der Waals surface area contributed by atoms with Gasteiger partial charge in [0, 0.05) is 13.0 Å². The van der Waals surface area contributed by atoms with Crippen molar-refractivity contribution >= 4 is 11.9 Å². The lowest BCUT2D eigenvalue weighted by Gasteiger charge is -2.21. The fourth-order valence-electron chi connectivity index (χ4n) is 2.13. The predicted molar refractivity (Wildman–Crippen MR) is 79.1 cm³/mol. The van der Waals surface area contributed by atoms with Gasteiger partial charge in [-0.3, -0.25) is 14.3 Å². The minimum absolute atomic E-state index is 0.00270. The Kier molecular flexibility index (Phi) is 5.73. The number of aromatic nitrogens is 3. The van der Waals surface area contributed by atoms with Crippen LogP contribution in [-0.2, 0) is 28.9 Å². The van der Waals surface area contributed by atoms with Gasteiger partial charge in [0.1, 0.15) is 19.2 Å². The van der Waals surface area contributed by atoms with Crippen molar-refractivity contribution in [2.75, 3.05) is 6.54 Å². The Labute approximate surface area is 140 Å². The normalized spacial score (nSPS) is 11.3. The molecule has 1 heterocycles. The highest BCUT2D eigenvalue weighted by molar-refractivity contribution is 5.81. The van der Waals surface area contributed by atoms with Gasteiger partial charge in [-0.25, -0.2) is 4.98 Å². The van der Waals surface area contributed by atoms with Crippen LogP contribution in [0.1, 0.15) is 17.5 Å². The quantitative estimate of drug-likeness (QED) is 0.817. The molecule has 0 unspecified atom stereocenters. The van der Waals surface area contributed by atoms with E-state index in [0.717, 1.165) is 17.0 Å². The highest BCUT2D eigenvalue weighted by atomic mass is 19.4. The molecule has 0 saturated carbocycles. The smallest absolute Gasteiger partial charge is 0.416 e. The molecule has 1 aromatic carbocycles. The summed E-state index contributed by atoms with van der Waals surface area (Å²) in [4.78, 5) is 28.0. The summed E-state index contributed by atoms with van der Waals surface area (Å²) in [5.74, 6) is -1.65. The lowest BCUT2D eigenvalue weighted by molar-refractivity contribution is -0.145. The van der Waals surface area contributed by atoms with Crippen molar-refractivity contribution in [2.24, 2.45) is 0 Å². The average Bonchev–Trinajstić information content (AvgIpc) is 3.04. The van der Waals surface area contributed by atoms with Crippen LogP contribution in [0.5, 0.6) is 0 Å². The van der Waals surface area contributed by atoms with Crippen molar-refractivity contribution in [1.29, 1.82) is 0 Å². The van der Waals surface area contributed by atoms with Gasteiger partial charge in [0.15, 0.2) is 0 Å². The molecule has 0 fully saturated rings. The molecule has 10 heteroatoms. The molecule has 134 valence electrons. The zero-order chi connectivity index (χ0) is 18.4. The molecule has 7 nitrogen and oxygen atoms in total. The van der Waals surface area contributed by atoms with Crippen LogP contribution < -0.4 is 0 Å². The fourth-order valence-corrected chi connectivity index (χ4v) is 2.13. The Morgan fingerprint density at radius 1 is 1.20 bits per heavy atom. The third-order valence-electron chi connectivity index (χ3n) is 3.35. The van der Waals surface area contributed by atoms with Crippen LogP contribution in [0.25, 0.3) is 0 Å². The summed E-state index contributed by atoms with van der Waals surface area (Å²) in [5.41, 5.74) is -0.401. The second kappa shape index (κ2) is 7.77. The number of halogens is 3. The van der Waals surface area contributed by atoms with E-state index in [4.69, 9.17) is 5.11 Å². The number of hydrogen-bond donors (Lipinski definition) is 1. The van der Waals surface area contributed by atoms with E-state index in [2.05, 4.69) is 10.1 Å². The molecule has 1 aromatic heterocycles. The van der Waals surface area contributed by atoms with Crippen molar-refractivity contribution < 1.29 is 27.9 Å². The molecule has 1 N–H and O–H groups in total. The lowest BCUT2D eigenvalue weighted by Crippen LogP contribution is -2.35. The van der Waals surface area contributed by atoms with Crippen molar-refractivity contribution in [1.82, 2.24) is 19.7 Å². The van der Waals surface area contributed by atoms with Gasteiger partial charge in [0.25, 0.3) is 0 Å². The van der Waals surface area contributed by atoms with Crippen molar-refractivity contribution in [3.05, 3.63) is 48.0 Å². The van der Waals surface area contributed by atoms with Crippen molar-refractivity contribution in [3.8, 4) is 0 Å². The summed E-state index contributed by atoms with van der Waals surface area (Å²) in [6.45, 7) is -0.417. The number of rotatable bonds is 7. The second-order valence-corrected chi connectivity index (χ2v) is 5.25. The number of carboxylic acid groups (broad SMARTS) is 1. The standard InChI is InChI=1S/C15H15F3N4O3/c16-15(17,18)12-3-1-11(2-4-12)7-21(8-14(24)25)13(23)5-6-22-10-19-9-20-22/h1-4,9-10H,5-8H2,(H,24,25). The summed E-state index contributed by atoms with van der Waals surface area (Å²) < 4.78 is 39.1. The van der Waals surface area contributed by atoms with Gasteiger partial charge >= 0.3 is 12.1 Å². The third kappa shape index (κ3) is 5.59. The summed E-state index contributed by atoms with van der Waals surface area (Å²) in [5, 5.41) is 12.8. The summed E-state index contributed by atoms with van der Waals surface area (Å²) >= 11 is 0. The molecule has 0 aliphatic carbocycles. The van der Waals surface area contributed by atoms with Crippen LogP contribution >= 0.6 is 0 Å². The van der Waals surface area contributed by atoms with Crippen molar-refractivity contribution in [3.63, 3.8) is 0 Å². The second-order valence-electron chi connectivity index (χ2n) is 5.25. The predicted octanol–water partition coefficient (Wildman–Crippen LogP) is 1.80. The third-order valence-corrected chi connectivity index (χ3v) is 3.35. The van der Waals surface area contributed by atoms with Gasteiger partial charge in [0.2, 0.25) is 5.91 Å². The molecular weight excluding hydrogens is 341 g/mol. The Hall–Kier alpha value is -2.91. The number of carboxylic acids is 1. The Morgan fingerprint density at radius 2 is 1.88 bits per heavy atom. The van der Waals surface area contributed by atoms with Gasteiger partial charge < -0.3 is 10.0 Å². The first-order valence-corrected chi connectivity index (χ1v) is 7.24. The molecule has 0 spiro atoms. The topological polar surface area (TPSA) is 88.3 Å². The monoisotopic (exact) mass is 356 g/mol. The molecule has 0 radical (unpaired) electrons. The van der Waals surface area contributed by atoms with E-state index in [1.54, 1.807) is 0 Å². The zero-order valence-electron chi connectivity index (χ0n) is 13.0. The van der Waals surface area contributed by atoms with Gasteiger partial charge in [-0.2, -0.15) is 18.3 Å². The Bertz CT molecular complexity index is 715. The number of aliphatic carboxylic acids is 1. The van der Waals surface area contributed by atoms with E-state index in [0.29, 0.717) is 5.56 Å². The SMILES string of the molecule is O=C(O)CN(Cc1ccc(C(F)(F)F)cc1)C(=O)CCn1cncn1. The maximum absolute atomic E-state index is 12.6. The molecule has 0 saturated heterocycles. The van der Waals surface area contributed by atoms with Gasteiger partial charge in [-0.1, -0.05) is 12.1 Å². The first-order valence-electron chi connectivity index (χ1n) is 7.24. The van der Waals surface area contributed by atoms with Crippen LogP contribution in [0.4, 0.5) is 13.2 Å². The highest BCUT2D eigenvalue weighted by Gasteiger charge is 2.30. The number of carbonyl (C=O) groups excluding carboxylic acids is 1. The zero-order valence-corrected chi connectivity index (χ0v) is 13.0. The summed E-state index contributed by atoms with van der Waals surface area (Å²) in [6.07, 6.45) is -1.73. The lowest BCUT2D eigenvalue weighted by atomic mass is 10.1. The van der Waals surface area contributed by atoms with E-state index in [1.807, 2.05) is 0 Å². The number of hydrogen-bond acceptors (Lipinski definition) is 4. The fraction of sp³-hybridized carbons (Fsp3) is 0.333. The molecule has 25 heavy (non-hydrogen) atoms. The van der Waals surface area contributed by atoms with E-state index in [9.17, 15) is 22.8 Å². The number of benzene rings is 1. The van der Waals surface area contributed by atoms with E-state index >= 15 is 0 Å². The molecule has 1 amide bonds. The Balaban J connectivity index is 2.03. The van der Waals surface area contributed by atoms with Crippen LogP contribution in [0, 0.1) is 0 Å². The maximum Gasteiger partial charge on any atom is 0.416 e. The molecule has 2 rings (SSSR count). The van der Waals surface area contributed by atoms with Crippen LogP contribution in [0.2, 0.25) is 0 Å². The molecular formula is C15H15F3N4O3. The van der Waals surface area contributed by atoms with E-state index < -0.39 is 30.2 Å². The van der Waals surface area contributed by atoms with Gasteiger partial charge in [-0.05, 0) is 17.7 Å². The number of nitrogens with zero attached hydrogens (tertiary/aromatic N) is 4. The largest absolute Gasteiger partial charge is 0.480 e. The number of carbonyl (C=O) groups is 2. The summed E-state index contributed by atoms with van der Waals surface area (Å²) in [7, 11) is 0. The summed E-state index contributed by atoms with van der Waals surface area (Å²) in [6, 6.07) is 4.24. The highest BCUT2D eigenvalue weighted by Crippen LogP contribution is 2.29. The molecule has 0 aliphatic rings. The van der Waals surface area contributed by atoms with E-state index in [-0.39, 0.29) is 19.5 Å². The van der Waals surface area contributed by atoms with Crippen LogP contribution in [-0.4, -0.2) is 43.2 Å². The molecule has 0 bridgehead atoms. The first kappa shape index (κ1) is 18.4. The number of alkyl halides is 3. The van der Waals surface area contributed by atoms with Crippen LogP contribution in [0.15, 0.2) is 36.9 Å². The first-order chi connectivity index (χ1) is 11.8. The minimum Gasteiger partial charge on any atom is -0.480 e. The maximum atomic E-state index is 12.6. The number of aryl methyl sites for hydroxylation is 1. The van der Waals surface area contributed by atoms with Gasteiger partial charge in [0.05, 0.1) is 12.1 Å². The van der Waals surface area contributed by atoms with Crippen LogP contribution in [0.3, 0.4) is 0 Å². The average molecular weight is 356 g/mol. The molecule has 0 aliphatic heterocycles. The van der Waals surface area contributed by atoms with Gasteiger partial charge in [-0.15, -0.1) is 0 Å². The minimum atomic E-state index is -4.45. The Morgan fingerprint density at radius 3 is 2.40 bits per heavy atom. The molecule has 0 atom stereocenters. The molecule has 2 aromatic rings. The number of amides is 1.